The molecule has 3 aromatic rings. The summed E-state index contributed by atoms with van der Waals surface area (Å²) in [6, 6.07) is 16.0. The van der Waals surface area contributed by atoms with Gasteiger partial charge in [-0.1, -0.05) is 29.5 Å². The number of amides is 1. The van der Waals surface area contributed by atoms with Gasteiger partial charge in [-0.15, -0.1) is 5.10 Å². The molecule has 7 nitrogen and oxygen atoms in total. The molecule has 0 radical (unpaired) electrons. The zero-order valence-electron chi connectivity index (χ0n) is 16.1. The molecule has 0 aliphatic carbocycles. The minimum Gasteiger partial charge on any atom is -0.494 e. The molecule has 0 spiro atoms. The fourth-order valence-electron chi connectivity index (χ4n) is 3.53. The lowest BCUT2D eigenvalue weighted by atomic mass is 10.2. The number of ether oxygens (including phenoxy) is 1. The average Bonchev–Trinajstić information content (AvgIpc) is 3.13. The van der Waals surface area contributed by atoms with Crippen molar-refractivity contribution in [3.63, 3.8) is 0 Å². The standard InChI is InChI=1S/C21H25N5O2/c1-2-28-18-9-7-17(8-10-18)15-24-11-13-25(14-12-24)21(27)16-26-20-6-4-3-5-19(20)22-23-26/h3-10H,2,11-16H2,1H3. The van der Waals surface area contributed by atoms with Crippen molar-refractivity contribution < 1.29 is 9.53 Å². The van der Waals surface area contributed by atoms with Crippen molar-refractivity contribution >= 4 is 16.9 Å². The predicted molar refractivity (Wildman–Crippen MR) is 107 cm³/mol. The van der Waals surface area contributed by atoms with Gasteiger partial charge < -0.3 is 9.64 Å². The van der Waals surface area contributed by atoms with Gasteiger partial charge in [0, 0.05) is 32.7 Å². The van der Waals surface area contributed by atoms with E-state index in [4.69, 9.17) is 4.74 Å². The SMILES string of the molecule is CCOc1ccc(CN2CCN(C(=O)Cn3nnc4ccccc43)CC2)cc1. The number of carbonyl (C=O) groups excluding carboxylic acids is 1. The fraction of sp³-hybridized carbons (Fsp3) is 0.381. The summed E-state index contributed by atoms with van der Waals surface area (Å²) in [6.07, 6.45) is 0. The summed E-state index contributed by atoms with van der Waals surface area (Å²) in [5.41, 5.74) is 2.97. The van der Waals surface area contributed by atoms with Crippen molar-refractivity contribution in [2.45, 2.75) is 20.0 Å². The lowest BCUT2D eigenvalue weighted by Crippen LogP contribution is -2.49. The Kier molecular flexibility index (Phi) is 5.53. The number of piperazine rings is 1. The van der Waals surface area contributed by atoms with E-state index in [1.807, 2.05) is 48.2 Å². The number of carbonyl (C=O) groups is 1. The van der Waals surface area contributed by atoms with Crippen molar-refractivity contribution in [3.05, 3.63) is 54.1 Å². The van der Waals surface area contributed by atoms with Crippen molar-refractivity contribution in [1.29, 1.82) is 0 Å². The van der Waals surface area contributed by atoms with Crippen LogP contribution in [-0.2, 0) is 17.9 Å². The Bertz CT molecular complexity index is 929. The normalized spacial score (nSPS) is 15.1. The third kappa shape index (κ3) is 4.14. The molecule has 4 rings (SSSR count). The maximum absolute atomic E-state index is 12.7. The van der Waals surface area contributed by atoms with Crippen LogP contribution in [0.1, 0.15) is 12.5 Å². The first kappa shape index (κ1) is 18.4. The number of nitrogens with zero attached hydrogens (tertiary/aromatic N) is 5. The van der Waals surface area contributed by atoms with E-state index in [0.29, 0.717) is 6.61 Å². The number of hydrogen-bond acceptors (Lipinski definition) is 5. The maximum atomic E-state index is 12.7. The Hall–Kier alpha value is -2.93. The van der Waals surface area contributed by atoms with Crippen LogP contribution >= 0.6 is 0 Å². The molecule has 1 aliphatic rings. The van der Waals surface area contributed by atoms with Crippen LogP contribution in [0, 0.1) is 0 Å². The lowest BCUT2D eigenvalue weighted by Gasteiger charge is -2.34. The van der Waals surface area contributed by atoms with Crippen LogP contribution in [0.3, 0.4) is 0 Å². The van der Waals surface area contributed by atoms with Gasteiger partial charge in [0.15, 0.2) is 0 Å². The number of aromatic nitrogens is 3. The van der Waals surface area contributed by atoms with E-state index in [1.165, 1.54) is 5.56 Å². The summed E-state index contributed by atoms with van der Waals surface area (Å²) in [5, 5.41) is 8.24. The third-order valence-electron chi connectivity index (χ3n) is 5.07. The van der Waals surface area contributed by atoms with Crippen molar-refractivity contribution in [1.82, 2.24) is 24.8 Å². The van der Waals surface area contributed by atoms with Gasteiger partial charge in [-0.3, -0.25) is 9.69 Å². The molecule has 2 heterocycles. The third-order valence-corrected chi connectivity index (χ3v) is 5.07. The Morgan fingerprint density at radius 3 is 2.54 bits per heavy atom. The molecule has 28 heavy (non-hydrogen) atoms. The summed E-state index contributed by atoms with van der Waals surface area (Å²) < 4.78 is 7.18. The van der Waals surface area contributed by atoms with Gasteiger partial charge in [-0.05, 0) is 36.8 Å². The molecule has 2 aromatic carbocycles. The first-order valence-corrected chi connectivity index (χ1v) is 9.73. The maximum Gasteiger partial charge on any atom is 0.244 e. The van der Waals surface area contributed by atoms with Crippen LogP contribution in [0.2, 0.25) is 0 Å². The molecule has 0 bridgehead atoms. The van der Waals surface area contributed by atoms with E-state index in [-0.39, 0.29) is 12.5 Å². The van der Waals surface area contributed by atoms with Crippen molar-refractivity contribution in [2.24, 2.45) is 0 Å². The van der Waals surface area contributed by atoms with E-state index < -0.39 is 0 Å². The highest BCUT2D eigenvalue weighted by molar-refractivity contribution is 5.79. The molecule has 146 valence electrons. The van der Waals surface area contributed by atoms with E-state index in [0.717, 1.165) is 49.5 Å². The minimum absolute atomic E-state index is 0.0939. The highest BCUT2D eigenvalue weighted by Gasteiger charge is 2.22. The first-order chi connectivity index (χ1) is 13.7. The Morgan fingerprint density at radius 2 is 1.79 bits per heavy atom. The van der Waals surface area contributed by atoms with Gasteiger partial charge in [0.25, 0.3) is 0 Å². The number of hydrogen-bond donors (Lipinski definition) is 0. The fourth-order valence-corrected chi connectivity index (χ4v) is 3.53. The van der Waals surface area contributed by atoms with E-state index in [1.54, 1.807) is 4.68 Å². The summed E-state index contributed by atoms with van der Waals surface area (Å²) >= 11 is 0. The molecule has 1 aromatic heterocycles. The summed E-state index contributed by atoms with van der Waals surface area (Å²) in [6.45, 7) is 7.01. The Balaban J connectivity index is 1.29. The molecule has 0 saturated carbocycles. The average molecular weight is 379 g/mol. The molecule has 1 fully saturated rings. The van der Waals surface area contributed by atoms with Crippen LogP contribution in [0.4, 0.5) is 0 Å². The second-order valence-electron chi connectivity index (χ2n) is 6.97. The van der Waals surface area contributed by atoms with Crippen molar-refractivity contribution in [3.8, 4) is 5.75 Å². The van der Waals surface area contributed by atoms with Gasteiger partial charge in [-0.2, -0.15) is 0 Å². The number of rotatable bonds is 6. The monoisotopic (exact) mass is 379 g/mol. The second-order valence-corrected chi connectivity index (χ2v) is 6.97. The second kappa shape index (κ2) is 8.39. The van der Waals surface area contributed by atoms with Crippen molar-refractivity contribution in [2.75, 3.05) is 32.8 Å². The van der Waals surface area contributed by atoms with Crippen LogP contribution in [0.15, 0.2) is 48.5 Å². The molecule has 7 heteroatoms. The van der Waals surface area contributed by atoms with Crippen LogP contribution < -0.4 is 4.74 Å². The van der Waals surface area contributed by atoms with Gasteiger partial charge in [0.2, 0.25) is 5.91 Å². The Labute approximate surface area is 164 Å². The molecule has 0 atom stereocenters. The van der Waals surface area contributed by atoms with Crippen LogP contribution in [0.5, 0.6) is 5.75 Å². The van der Waals surface area contributed by atoms with Gasteiger partial charge >= 0.3 is 0 Å². The quantitative estimate of drug-likeness (QED) is 0.657. The molecule has 1 aliphatic heterocycles. The molecule has 0 unspecified atom stereocenters. The van der Waals surface area contributed by atoms with Crippen LogP contribution in [0.25, 0.3) is 11.0 Å². The number of benzene rings is 2. The summed E-state index contributed by atoms with van der Waals surface area (Å²) in [7, 11) is 0. The van der Waals surface area contributed by atoms with Gasteiger partial charge in [-0.25, -0.2) is 4.68 Å². The summed E-state index contributed by atoms with van der Waals surface area (Å²) in [5.74, 6) is 0.999. The molecular weight excluding hydrogens is 354 g/mol. The van der Waals surface area contributed by atoms with Gasteiger partial charge in [0.1, 0.15) is 17.8 Å². The van der Waals surface area contributed by atoms with E-state index >= 15 is 0 Å². The van der Waals surface area contributed by atoms with Gasteiger partial charge in [0.05, 0.1) is 12.1 Å². The number of para-hydroxylation sites is 1. The molecule has 0 N–H and O–H groups in total. The highest BCUT2D eigenvalue weighted by Crippen LogP contribution is 2.15. The van der Waals surface area contributed by atoms with E-state index in [9.17, 15) is 4.79 Å². The zero-order valence-corrected chi connectivity index (χ0v) is 16.1. The van der Waals surface area contributed by atoms with Crippen LogP contribution in [-0.4, -0.2) is 63.5 Å². The number of fused-ring (bicyclic) bond motifs is 1. The highest BCUT2D eigenvalue weighted by atomic mass is 16.5. The molecule has 1 saturated heterocycles. The minimum atomic E-state index is 0.0939. The summed E-state index contributed by atoms with van der Waals surface area (Å²) in [4.78, 5) is 17.0. The first-order valence-electron chi connectivity index (χ1n) is 9.73. The topological polar surface area (TPSA) is 63.5 Å². The lowest BCUT2D eigenvalue weighted by molar-refractivity contribution is -0.133. The zero-order chi connectivity index (χ0) is 19.3. The Morgan fingerprint density at radius 1 is 1.04 bits per heavy atom. The largest absolute Gasteiger partial charge is 0.494 e. The smallest absolute Gasteiger partial charge is 0.244 e. The predicted octanol–water partition coefficient (Wildman–Crippen LogP) is 2.17. The molecular formula is C21H25N5O2. The molecule has 1 amide bonds. The van der Waals surface area contributed by atoms with E-state index in [2.05, 4.69) is 27.3 Å².